The summed E-state index contributed by atoms with van der Waals surface area (Å²) in [7, 11) is 0. The zero-order valence-corrected chi connectivity index (χ0v) is 11.6. The van der Waals surface area contributed by atoms with Gasteiger partial charge >= 0.3 is 0 Å². The van der Waals surface area contributed by atoms with Crippen LogP contribution in [0.15, 0.2) is 0 Å². The van der Waals surface area contributed by atoms with Crippen LogP contribution in [0.4, 0.5) is 0 Å². The molecule has 0 aliphatic carbocycles. The summed E-state index contributed by atoms with van der Waals surface area (Å²) in [6.45, 7) is 1.25. The average molecular weight is 280 g/mol. The van der Waals surface area contributed by atoms with E-state index in [-0.39, 0.29) is 0 Å². The molecule has 0 fully saturated rings. The predicted octanol–water partition coefficient (Wildman–Crippen LogP) is -0.591. The molecule has 0 aromatic rings. The van der Waals surface area contributed by atoms with Crippen molar-refractivity contribution in [3.8, 4) is 0 Å². The van der Waals surface area contributed by atoms with Crippen LogP contribution in [0, 0.1) is 0 Å². The maximum atomic E-state index is 9.71. The van der Waals surface area contributed by atoms with Crippen molar-refractivity contribution in [3.05, 3.63) is 0 Å². The van der Waals surface area contributed by atoms with E-state index in [1.165, 1.54) is 0 Å². The zero-order valence-electron chi connectivity index (χ0n) is 11.6. The van der Waals surface area contributed by atoms with Gasteiger partial charge in [0.05, 0.1) is 13.2 Å². The summed E-state index contributed by atoms with van der Waals surface area (Å²) >= 11 is 0. The fraction of sp³-hybridized carbons (Fsp3) is 1.00. The Balaban J connectivity index is 4.07. The molecule has 0 saturated heterocycles. The SMILES string of the molecule is CCCCCCCO[C@@H]([C@H](O)[C@@H](O)CO)[C@H](O)CO. The minimum Gasteiger partial charge on any atom is -0.394 e. The molecule has 6 heteroatoms. The lowest BCUT2D eigenvalue weighted by atomic mass is 10.0. The molecular formula is C13H28O6. The number of hydrogen-bond donors (Lipinski definition) is 5. The topological polar surface area (TPSA) is 110 Å². The second kappa shape index (κ2) is 11.6. The van der Waals surface area contributed by atoms with Gasteiger partial charge in [-0.25, -0.2) is 0 Å². The summed E-state index contributed by atoms with van der Waals surface area (Å²) in [6, 6.07) is 0. The van der Waals surface area contributed by atoms with Crippen molar-refractivity contribution in [2.75, 3.05) is 19.8 Å². The number of hydrogen-bond acceptors (Lipinski definition) is 6. The van der Waals surface area contributed by atoms with Crippen LogP contribution in [0.1, 0.15) is 39.0 Å². The molecule has 0 aliphatic rings. The average Bonchev–Trinajstić information content (AvgIpc) is 2.44. The fourth-order valence-electron chi connectivity index (χ4n) is 1.79. The monoisotopic (exact) mass is 280 g/mol. The molecular weight excluding hydrogens is 252 g/mol. The van der Waals surface area contributed by atoms with Crippen LogP contribution in [0.25, 0.3) is 0 Å². The van der Waals surface area contributed by atoms with Gasteiger partial charge in [0, 0.05) is 6.61 Å². The van der Waals surface area contributed by atoms with E-state index in [9.17, 15) is 15.3 Å². The first-order valence-corrected chi connectivity index (χ1v) is 6.96. The molecule has 0 aliphatic heterocycles. The van der Waals surface area contributed by atoms with Gasteiger partial charge in [-0.15, -0.1) is 0 Å². The van der Waals surface area contributed by atoms with Gasteiger partial charge in [-0.2, -0.15) is 0 Å². The first kappa shape index (κ1) is 18.8. The summed E-state index contributed by atoms with van der Waals surface area (Å²) in [5, 5.41) is 46.3. The molecule has 6 nitrogen and oxygen atoms in total. The Bertz CT molecular complexity index is 202. The Kier molecular flexibility index (Phi) is 11.4. The predicted molar refractivity (Wildman–Crippen MR) is 70.7 cm³/mol. The number of unbranched alkanes of at least 4 members (excludes halogenated alkanes) is 4. The highest BCUT2D eigenvalue weighted by molar-refractivity contribution is 4.81. The summed E-state index contributed by atoms with van der Waals surface area (Å²) < 4.78 is 5.33. The van der Waals surface area contributed by atoms with Crippen LogP contribution in [-0.2, 0) is 4.74 Å². The molecule has 0 bridgehead atoms. The Morgan fingerprint density at radius 1 is 0.842 bits per heavy atom. The third kappa shape index (κ3) is 7.81. The van der Waals surface area contributed by atoms with E-state index < -0.39 is 37.6 Å². The van der Waals surface area contributed by atoms with Crippen molar-refractivity contribution in [1.82, 2.24) is 0 Å². The molecule has 5 N–H and O–H groups in total. The smallest absolute Gasteiger partial charge is 0.114 e. The highest BCUT2D eigenvalue weighted by Crippen LogP contribution is 2.11. The number of aliphatic hydroxyl groups excluding tert-OH is 5. The van der Waals surface area contributed by atoms with Crippen molar-refractivity contribution in [3.63, 3.8) is 0 Å². The molecule has 0 rings (SSSR count). The molecule has 0 heterocycles. The standard InChI is InChI=1S/C13H28O6/c1-2-3-4-5-6-7-19-13(11(17)9-15)12(18)10(16)8-14/h10-18H,2-9H2,1H3/t10-,11+,12+,13+/m0/s1. The third-order valence-corrected chi connectivity index (χ3v) is 3.04. The van der Waals surface area contributed by atoms with Crippen LogP contribution in [0.3, 0.4) is 0 Å². The zero-order chi connectivity index (χ0) is 14.7. The molecule has 0 saturated carbocycles. The minimum atomic E-state index is -1.43. The molecule has 0 amide bonds. The molecule has 116 valence electrons. The lowest BCUT2D eigenvalue weighted by molar-refractivity contribution is -0.149. The van der Waals surface area contributed by atoms with E-state index in [1.807, 2.05) is 0 Å². The first-order valence-electron chi connectivity index (χ1n) is 6.96. The molecule has 0 spiro atoms. The van der Waals surface area contributed by atoms with Gasteiger partial charge in [0.2, 0.25) is 0 Å². The van der Waals surface area contributed by atoms with Gasteiger partial charge in [-0.3, -0.25) is 0 Å². The van der Waals surface area contributed by atoms with Gasteiger partial charge in [0.1, 0.15) is 24.4 Å². The second-order valence-corrected chi connectivity index (χ2v) is 4.74. The lowest BCUT2D eigenvalue weighted by Crippen LogP contribution is -2.48. The van der Waals surface area contributed by atoms with Crippen molar-refractivity contribution < 1.29 is 30.3 Å². The Morgan fingerprint density at radius 2 is 1.42 bits per heavy atom. The highest BCUT2D eigenvalue weighted by atomic mass is 16.5. The van der Waals surface area contributed by atoms with Crippen LogP contribution >= 0.6 is 0 Å². The quantitative estimate of drug-likeness (QED) is 0.306. The van der Waals surface area contributed by atoms with E-state index in [0.717, 1.165) is 32.1 Å². The van der Waals surface area contributed by atoms with Crippen molar-refractivity contribution >= 4 is 0 Å². The van der Waals surface area contributed by atoms with E-state index in [1.54, 1.807) is 0 Å². The summed E-state index contributed by atoms with van der Waals surface area (Å²) in [5.41, 5.74) is 0. The summed E-state index contributed by atoms with van der Waals surface area (Å²) in [4.78, 5) is 0. The Morgan fingerprint density at radius 3 is 1.95 bits per heavy atom. The van der Waals surface area contributed by atoms with E-state index in [4.69, 9.17) is 14.9 Å². The molecule has 0 unspecified atom stereocenters. The summed E-state index contributed by atoms with van der Waals surface area (Å²) in [6.07, 6.45) is -0.0120. The van der Waals surface area contributed by atoms with Gasteiger partial charge in [-0.05, 0) is 6.42 Å². The molecule has 19 heavy (non-hydrogen) atoms. The van der Waals surface area contributed by atoms with Gasteiger partial charge < -0.3 is 30.3 Å². The van der Waals surface area contributed by atoms with Crippen LogP contribution in [-0.4, -0.2) is 69.8 Å². The van der Waals surface area contributed by atoms with Crippen LogP contribution in [0.5, 0.6) is 0 Å². The Hall–Kier alpha value is -0.240. The van der Waals surface area contributed by atoms with Crippen LogP contribution < -0.4 is 0 Å². The van der Waals surface area contributed by atoms with Gasteiger partial charge in [0.25, 0.3) is 0 Å². The number of rotatable bonds is 12. The minimum absolute atomic E-state index is 0.334. The number of aliphatic hydroxyl groups is 5. The third-order valence-electron chi connectivity index (χ3n) is 3.04. The largest absolute Gasteiger partial charge is 0.394 e. The molecule has 0 aromatic heterocycles. The summed E-state index contributed by atoms with van der Waals surface area (Å²) in [5.74, 6) is 0. The van der Waals surface area contributed by atoms with Crippen molar-refractivity contribution in [2.24, 2.45) is 0 Å². The van der Waals surface area contributed by atoms with E-state index in [2.05, 4.69) is 6.92 Å². The van der Waals surface area contributed by atoms with Crippen LogP contribution in [0.2, 0.25) is 0 Å². The van der Waals surface area contributed by atoms with Gasteiger partial charge in [-0.1, -0.05) is 32.6 Å². The van der Waals surface area contributed by atoms with Crippen molar-refractivity contribution in [1.29, 1.82) is 0 Å². The number of ether oxygens (including phenoxy) is 1. The Labute approximate surface area is 114 Å². The maximum Gasteiger partial charge on any atom is 0.114 e. The maximum absolute atomic E-state index is 9.71. The fourth-order valence-corrected chi connectivity index (χ4v) is 1.79. The molecule has 0 radical (unpaired) electrons. The normalized spacial score (nSPS) is 18.0. The van der Waals surface area contributed by atoms with Gasteiger partial charge in [0.15, 0.2) is 0 Å². The lowest BCUT2D eigenvalue weighted by Gasteiger charge is -2.29. The molecule has 0 aromatic carbocycles. The van der Waals surface area contributed by atoms with E-state index >= 15 is 0 Å². The van der Waals surface area contributed by atoms with E-state index in [0.29, 0.717) is 6.61 Å². The van der Waals surface area contributed by atoms with Crippen molar-refractivity contribution in [2.45, 2.75) is 63.4 Å². The second-order valence-electron chi connectivity index (χ2n) is 4.74. The first-order chi connectivity index (χ1) is 9.08. The molecule has 4 atom stereocenters. The highest BCUT2D eigenvalue weighted by Gasteiger charge is 2.32.